The van der Waals surface area contributed by atoms with Crippen molar-refractivity contribution in [1.29, 1.82) is 0 Å². The molecule has 0 spiro atoms. The van der Waals surface area contributed by atoms with E-state index in [0.717, 1.165) is 11.1 Å². The molecule has 27 heavy (non-hydrogen) atoms. The number of rotatable bonds is 6. The minimum atomic E-state index is 0.423. The van der Waals surface area contributed by atoms with Crippen molar-refractivity contribution in [3.05, 3.63) is 99.0 Å². The summed E-state index contributed by atoms with van der Waals surface area (Å²) in [5, 5.41) is 4.50. The molecule has 0 radical (unpaired) electrons. The standard InChI is InChI=1S/C22H19Cl2NOS/c1-15-3-2-4-17(11-15)13-25-22(27)18-7-10-21(20(24)12-18)26-14-16-5-8-19(23)9-6-16/h2-12H,13-14H2,1H3,(H,25,27). The molecule has 0 bridgehead atoms. The molecular weight excluding hydrogens is 397 g/mol. The summed E-state index contributed by atoms with van der Waals surface area (Å²) in [6.45, 7) is 3.17. The number of hydrogen-bond donors (Lipinski definition) is 1. The third-order valence-corrected chi connectivity index (χ3v) is 4.96. The van der Waals surface area contributed by atoms with Gasteiger partial charge in [0, 0.05) is 17.1 Å². The van der Waals surface area contributed by atoms with Crippen LogP contribution in [0.1, 0.15) is 22.3 Å². The second-order valence-corrected chi connectivity index (χ2v) is 7.48. The Morgan fingerprint density at radius 3 is 2.44 bits per heavy atom. The van der Waals surface area contributed by atoms with Crippen LogP contribution in [0.25, 0.3) is 0 Å². The lowest BCUT2D eigenvalue weighted by atomic mass is 10.1. The number of benzene rings is 3. The maximum Gasteiger partial charge on any atom is 0.138 e. The molecule has 0 aromatic heterocycles. The van der Waals surface area contributed by atoms with Crippen molar-refractivity contribution in [2.45, 2.75) is 20.1 Å². The van der Waals surface area contributed by atoms with Crippen molar-refractivity contribution in [2.24, 2.45) is 0 Å². The van der Waals surface area contributed by atoms with Crippen LogP contribution in [0.3, 0.4) is 0 Å². The van der Waals surface area contributed by atoms with Crippen molar-refractivity contribution in [3.8, 4) is 5.75 Å². The van der Waals surface area contributed by atoms with Crippen LogP contribution in [-0.4, -0.2) is 4.99 Å². The number of thiocarbonyl (C=S) groups is 1. The van der Waals surface area contributed by atoms with E-state index in [0.29, 0.717) is 33.9 Å². The second-order valence-electron chi connectivity index (χ2n) is 6.23. The molecule has 0 atom stereocenters. The normalized spacial score (nSPS) is 10.5. The third-order valence-electron chi connectivity index (χ3n) is 4.04. The summed E-state index contributed by atoms with van der Waals surface area (Å²) in [5.41, 5.74) is 4.30. The first-order valence-electron chi connectivity index (χ1n) is 8.52. The van der Waals surface area contributed by atoms with Crippen molar-refractivity contribution in [3.63, 3.8) is 0 Å². The maximum absolute atomic E-state index is 6.37. The first-order valence-corrected chi connectivity index (χ1v) is 9.68. The van der Waals surface area contributed by atoms with Crippen molar-refractivity contribution < 1.29 is 4.74 Å². The zero-order valence-electron chi connectivity index (χ0n) is 14.8. The highest BCUT2D eigenvalue weighted by atomic mass is 35.5. The third kappa shape index (κ3) is 5.70. The van der Waals surface area contributed by atoms with Crippen LogP contribution in [0.4, 0.5) is 0 Å². The van der Waals surface area contributed by atoms with Gasteiger partial charge in [-0.15, -0.1) is 0 Å². The van der Waals surface area contributed by atoms with E-state index in [1.54, 1.807) is 0 Å². The van der Waals surface area contributed by atoms with Crippen LogP contribution in [-0.2, 0) is 13.2 Å². The van der Waals surface area contributed by atoms with Gasteiger partial charge in [0.2, 0.25) is 0 Å². The first kappa shape index (κ1) is 19.7. The summed E-state index contributed by atoms with van der Waals surface area (Å²) in [7, 11) is 0. The van der Waals surface area contributed by atoms with E-state index in [1.165, 1.54) is 11.1 Å². The summed E-state index contributed by atoms with van der Waals surface area (Å²) in [6, 6.07) is 21.4. The van der Waals surface area contributed by atoms with E-state index in [2.05, 4.69) is 30.4 Å². The molecule has 0 aliphatic heterocycles. The zero-order valence-corrected chi connectivity index (χ0v) is 17.2. The highest BCUT2D eigenvalue weighted by Crippen LogP contribution is 2.26. The average molecular weight is 416 g/mol. The van der Waals surface area contributed by atoms with Crippen LogP contribution >= 0.6 is 35.4 Å². The Kier molecular flexibility index (Phi) is 6.73. The SMILES string of the molecule is Cc1cccc(CNC(=S)c2ccc(OCc3ccc(Cl)cc3)c(Cl)c2)c1. The zero-order chi connectivity index (χ0) is 19.2. The molecule has 0 aliphatic carbocycles. The summed E-state index contributed by atoms with van der Waals surface area (Å²) >= 11 is 17.7. The smallest absolute Gasteiger partial charge is 0.138 e. The Morgan fingerprint density at radius 1 is 0.963 bits per heavy atom. The number of aryl methyl sites for hydroxylation is 1. The lowest BCUT2D eigenvalue weighted by Crippen LogP contribution is -2.21. The number of halogens is 2. The van der Waals surface area contributed by atoms with Gasteiger partial charge in [0.25, 0.3) is 0 Å². The van der Waals surface area contributed by atoms with E-state index in [4.69, 9.17) is 40.2 Å². The van der Waals surface area contributed by atoms with Crippen LogP contribution in [0.2, 0.25) is 10.0 Å². The van der Waals surface area contributed by atoms with Crippen LogP contribution in [0.15, 0.2) is 66.7 Å². The number of hydrogen-bond acceptors (Lipinski definition) is 2. The molecule has 0 fully saturated rings. The molecule has 3 aromatic carbocycles. The largest absolute Gasteiger partial charge is 0.487 e. The first-order chi connectivity index (χ1) is 13.0. The van der Waals surface area contributed by atoms with Gasteiger partial charge >= 0.3 is 0 Å². The van der Waals surface area contributed by atoms with Gasteiger partial charge in [-0.25, -0.2) is 0 Å². The molecular formula is C22H19Cl2NOS. The number of ether oxygens (including phenoxy) is 1. The Bertz CT molecular complexity index is 941. The fourth-order valence-corrected chi connectivity index (χ4v) is 3.17. The molecule has 5 heteroatoms. The van der Waals surface area contributed by atoms with Gasteiger partial charge in [-0.3, -0.25) is 0 Å². The van der Waals surface area contributed by atoms with Crippen LogP contribution in [0.5, 0.6) is 5.75 Å². The van der Waals surface area contributed by atoms with Gasteiger partial charge in [-0.05, 0) is 48.4 Å². The molecule has 3 rings (SSSR count). The Morgan fingerprint density at radius 2 is 1.74 bits per heavy atom. The predicted octanol–water partition coefficient (Wildman–Crippen LogP) is 6.35. The van der Waals surface area contributed by atoms with Crippen LogP contribution < -0.4 is 10.1 Å². The minimum absolute atomic E-state index is 0.423. The summed E-state index contributed by atoms with van der Waals surface area (Å²) < 4.78 is 5.80. The lowest BCUT2D eigenvalue weighted by Gasteiger charge is -2.12. The van der Waals surface area contributed by atoms with Gasteiger partial charge in [0.15, 0.2) is 0 Å². The van der Waals surface area contributed by atoms with Crippen molar-refractivity contribution >= 4 is 40.4 Å². The summed E-state index contributed by atoms with van der Waals surface area (Å²) in [6.07, 6.45) is 0. The Hall–Kier alpha value is -2.07. The van der Waals surface area contributed by atoms with Gasteiger partial charge in [-0.2, -0.15) is 0 Å². The van der Waals surface area contributed by atoms with Gasteiger partial charge in [0.05, 0.1) is 5.02 Å². The van der Waals surface area contributed by atoms with Crippen LogP contribution in [0, 0.1) is 6.92 Å². The van der Waals surface area contributed by atoms with E-state index >= 15 is 0 Å². The van der Waals surface area contributed by atoms with Crippen molar-refractivity contribution in [1.82, 2.24) is 5.32 Å². The summed E-state index contributed by atoms with van der Waals surface area (Å²) in [5.74, 6) is 0.622. The molecule has 0 saturated heterocycles. The highest BCUT2D eigenvalue weighted by molar-refractivity contribution is 7.80. The summed E-state index contributed by atoms with van der Waals surface area (Å²) in [4.78, 5) is 0.655. The van der Waals surface area contributed by atoms with E-state index in [1.807, 2.05) is 48.5 Å². The minimum Gasteiger partial charge on any atom is -0.487 e. The van der Waals surface area contributed by atoms with Gasteiger partial charge in [-0.1, -0.05) is 77.4 Å². The van der Waals surface area contributed by atoms with Gasteiger partial charge in [0.1, 0.15) is 17.3 Å². The molecule has 0 unspecified atom stereocenters. The molecule has 0 amide bonds. The van der Waals surface area contributed by atoms with E-state index in [-0.39, 0.29) is 0 Å². The second kappa shape index (κ2) is 9.23. The van der Waals surface area contributed by atoms with Gasteiger partial charge < -0.3 is 10.1 Å². The highest BCUT2D eigenvalue weighted by Gasteiger charge is 2.07. The Balaban J connectivity index is 1.59. The molecule has 3 aromatic rings. The molecule has 0 saturated carbocycles. The Labute approximate surface area is 175 Å². The molecule has 138 valence electrons. The average Bonchev–Trinajstić information content (AvgIpc) is 2.66. The maximum atomic E-state index is 6.37. The lowest BCUT2D eigenvalue weighted by molar-refractivity contribution is 0.306. The molecule has 0 aliphatic rings. The fraction of sp³-hybridized carbons (Fsp3) is 0.136. The fourth-order valence-electron chi connectivity index (χ4n) is 2.61. The van der Waals surface area contributed by atoms with E-state index < -0.39 is 0 Å². The molecule has 1 N–H and O–H groups in total. The quantitative estimate of drug-likeness (QED) is 0.474. The van der Waals surface area contributed by atoms with Crippen molar-refractivity contribution in [2.75, 3.05) is 0 Å². The van der Waals surface area contributed by atoms with E-state index in [9.17, 15) is 0 Å². The molecule has 0 heterocycles. The molecule has 2 nitrogen and oxygen atoms in total. The predicted molar refractivity (Wildman–Crippen MR) is 117 cm³/mol. The number of nitrogens with one attached hydrogen (secondary N) is 1. The monoisotopic (exact) mass is 415 g/mol. The topological polar surface area (TPSA) is 21.3 Å².